The van der Waals surface area contributed by atoms with Gasteiger partial charge in [0.25, 0.3) is 21.6 Å². The molecule has 19 heteroatoms. The third kappa shape index (κ3) is 8.19. The molecule has 2 aliphatic heterocycles. The van der Waals surface area contributed by atoms with Crippen molar-refractivity contribution in [3.63, 3.8) is 0 Å². The Balaban J connectivity index is 1.64. The maximum absolute atomic E-state index is 13.6. The maximum atomic E-state index is 13.6. The molecule has 0 atom stereocenters. The maximum Gasteiger partial charge on any atom is 0.323 e. The van der Waals surface area contributed by atoms with Crippen molar-refractivity contribution in [3.8, 4) is 5.75 Å². The minimum atomic E-state index is -4.18. The van der Waals surface area contributed by atoms with Crippen LogP contribution in [0.2, 0.25) is 0 Å². The van der Waals surface area contributed by atoms with Crippen LogP contribution in [0.3, 0.4) is 0 Å². The van der Waals surface area contributed by atoms with E-state index in [0.717, 1.165) is 53.7 Å². The number of aromatic amines is 1. The Bertz CT molecular complexity index is 2220. The number of carbonyl (C=O) groups excluding carboxylic acids is 1. The van der Waals surface area contributed by atoms with Crippen molar-refractivity contribution in [1.29, 1.82) is 0 Å². The number of methoxy groups -OCH3 is 1. The summed E-state index contributed by atoms with van der Waals surface area (Å²) < 4.78 is 38.8. The van der Waals surface area contributed by atoms with E-state index in [-0.39, 0.29) is 31.4 Å². The summed E-state index contributed by atoms with van der Waals surface area (Å²) in [5.41, 5.74) is 2.15. The molecule has 3 aromatic rings. The van der Waals surface area contributed by atoms with Crippen LogP contribution in [0.4, 0.5) is 5.69 Å². The zero-order valence-corrected chi connectivity index (χ0v) is 29.8. The molecule has 0 aliphatic carbocycles. The number of anilines is 1. The summed E-state index contributed by atoms with van der Waals surface area (Å²) in [6.07, 6.45) is 6.92. The molecule has 5 rings (SSSR count). The normalized spacial score (nSPS) is 17.4. The standard InChI is InChI=1S/C30H28N4O10S5/c1-16-11-19-21(13-20(16)44-2)46-23(32(19)9-4-10-49(41,42)43)7-6-17(18-5-3-8-31-18)12-22-27(39)33(14-24(35)36)29(47-22)26-28(40)34(15-25(37)38)30(45)48-26/h3,5-8,11-13,31H,4,9-10,14-15H2,1-2H3,(H,35,36)(H,37,38)(H,41,42,43)/b17-6?,22-12?,23-7?,29-26+. The summed E-state index contributed by atoms with van der Waals surface area (Å²) in [7, 11) is -2.61. The summed E-state index contributed by atoms with van der Waals surface area (Å²) >= 11 is 8.29. The minimum Gasteiger partial charge on any atom is -0.496 e. The fraction of sp³-hybridized carbons (Fsp3) is 0.233. The largest absolute Gasteiger partial charge is 0.496 e. The lowest BCUT2D eigenvalue weighted by Crippen LogP contribution is -2.36. The van der Waals surface area contributed by atoms with Gasteiger partial charge < -0.3 is 24.8 Å². The number of ether oxygens (including phenoxy) is 1. The van der Waals surface area contributed by atoms with E-state index in [4.69, 9.17) is 17.0 Å². The number of thioether (sulfide) groups is 2. The highest BCUT2D eigenvalue weighted by Crippen LogP contribution is 2.48. The van der Waals surface area contributed by atoms with E-state index in [1.807, 2.05) is 24.0 Å². The number of thiocarbonyl (C=S) groups is 1. The molecule has 0 bridgehead atoms. The van der Waals surface area contributed by atoms with Crippen molar-refractivity contribution in [2.75, 3.05) is 30.9 Å². The number of fused-ring (bicyclic) bond motifs is 1. The average Bonchev–Trinajstić information content (AvgIpc) is 3.79. The van der Waals surface area contributed by atoms with E-state index >= 15 is 0 Å². The number of benzene rings is 1. The molecule has 4 heterocycles. The summed E-state index contributed by atoms with van der Waals surface area (Å²) in [5.74, 6) is -3.10. The second kappa shape index (κ2) is 14.8. The van der Waals surface area contributed by atoms with E-state index in [1.165, 1.54) is 11.8 Å². The second-order valence-electron chi connectivity index (χ2n) is 10.6. The minimum absolute atomic E-state index is 0.0294. The Morgan fingerprint density at radius 3 is 2.47 bits per heavy atom. The Labute approximate surface area is 296 Å². The Morgan fingerprint density at radius 2 is 1.84 bits per heavy atom. The Morgan fingerprint density at radius 1 is 1.10 bits per heavy atom. The fourth-order valence-electron chi connectivity index (χ4n) is 5.01. The topological polar surface area (TPSA) is 200 Å². The first kappa shape index (κ1) is 36.1. The summed E-state index contributed by atoms with van der Waals surface area (Å²) in [6, 6.07) is 7.34. The van der Waals surface area contributed by atoms with Crippen molar-refractivity contribution in [2.45, 2.75) is 24.8 Å². The molecule has 0 radical (unpaired) electrons. The van der Waals surface area contributed by atoms with Gasteiger partial charge in [-0.2, -0.15) is 8.42 Å². The number of hydrogen-bond acceptors (Lipinski definition) is 12. The number of aliphatic carboxylic acids is 2. The molecule has 49 heavy (non-hydrogen) atoms. The van der Waals surface area contributed by atoms with E-state index < -0.39 is 52.4 Å². The molecule has 0 unspecified atom stereocenters. The first-order valence-electron chi connectivity index (χ1n) is 14.2. The highest BCUT2D eigenvalue weighted by atomic mass is 32.2. The molecule has 258 valence electrons. The van der Waals surface area contributed by atoms with Crippen LogP contribution in [0.1, 0.15) is 17.7 Å². The number of amides is 1. The number of thiazole rings is 1. The molecule has 1 aromatic carbocycles. The van der Waals surface area contributed by atoms with Crippen molar-refractivity contribution in [2.24, 2.45) is 0 Å². The molecule has 4 N–H and O–H groups in total. The quantitative estimate of drug-likeness (QED) is 0.155. The molecule has 2 aromatic heterocycles. The lowest BCUT2D eigenvalue weighted by Gasteiger charge is -2.20. The number of carboxylic acid groups (broad SMARTS) is 2. The zero-order chi connectivity index (χ0) is 35.6. The average molecular weight is 765 g/mol. The van der Waals surface area contributed by atoms with Gasteiger partial charge in [0.1, 0.15) is 32.7 Å². The van der Waals surface area contributed by atoms with Gasteiger partial charge in [0.2, 0.25) is 0 Å². The van der Waals surface area contributed by atoms with Gasteiger partial charge in [-0.15, -0.1) is 11.3 Å². The number of allylic oxidation sites excluding steroid dienone is 3. The lowest BCUT2D eigenvalue weighted by molar-refractivity contribution is -0.140. The number of aromatic nitrogens is 2. The molecule has 1 amide bonds. The molecule has 0 spiro atoms. The number of nitrogens with one attached hydrogen (secondary N) is 1. The molecule has 0 saturated carbocycles. The van der Waals surface area contributed by atoms with Crippen LogP contribution in [-0.2, 0) is 31.0 Å². The van der Waals surface area contributed by atoms with Crippen molar-refractivity contribution >= 4 is 102 Å². The van der Waals surface area contributed by atoms with Gasteiger partial charge in [-0.1, -0.05) is 41.8 Å². The van der Waals surface area contributed by atoms with Crippen LogP contribution in [-0.4, -0.2) is 85.8 Å². The van der Waals surface area contributed by atoms with Gasteiger partial charge in [-0.25, -0.2) is 0 Å². The van der Waals surface area contributed by atoms with Gasteiger partial charge in [0.15, 0.2) is 0 Å². The van der Waals surface area contributed by atoms with Crippen LogP contribution >= 0.6 is 47.1 Å². The smallest absolute Gasteiger partial charge is 0.323 e. The number of aryl methyl sites for hydroxylation is 1. The van der Waals surface area contributed by atoms with Gasteiger partial charge in [-0.3, -0.25) is 33.2 Å². The number of H-pyrrole nitrogens is 1. The van der Waals surface area contributed by atoms with Gasteiger partial charge in [0.05, 0.1) is 28.1 Å². The first-order valence-corrected chi connectivity index (χ1v) is 18.7. The van der Waals surface area contributed by atoms with Crippen LogP contribution in [0.25, 0.3) is 16.6 Å². The number of carboxylic acids is 2. The number of carbonyl (C=O) groups is 3. The van der Waals surface area contributed by atoms with Crippen LogP contribution < -0.4 is 24.4 Å². The highest BCUT2D eigenvalue weighted by Gasteiger charge is 2.35. The van der Waals surface area contributed by atoms with Crippen LogP contribution in [0.15, 0.2) is 57.3 Å². The van der Waals surface area contributed by atoms with Gasteiger partial charge >= 0.3 is 11.9 Å². The van der Waals surface area contributed by atoms with Gasteiger partial charge in [0, 0.05) is 23.3 Å². The highest BCUT2D eigenvalue weighted by molar-refractivity contribution is 8.30. The van der Waals surface area contributed by atoms with E-state index in [1.54, 1.807) is 43.7 Å². The molecule has 14 nitrogen and oxygen atoms in total. The zero-order valence-electron chi connectivity index (χ0n) is 25.7. The molecular formula is C30H28N4O10S5. The summed E-state index contributed by atoms with van der Waals surface area (Å²) in [6.45, 7) is 0.728. The number of rotatable bonds is 12. The summed E-state index contributed by atoms with van der Waals surface area (Å²) in [5, 5.41) is 19.5. The van der Waals surface area contributed by atoms with Crippen molar-refractivity contribution in [1.82, 2.24) is 14.5 Å². The Kier molecular flexibility index (Phi) is 10.9. The lowest BCUT2D eigenvalue weighted by atomic mass is 10.1. The molecule has 1 fully saturated rings. The van der Waals surface area contributed by atoms with E-state index in [9.17, 15) is 42.4 Å². The fourth-order valence-corrected chi connectivity index (χ4v) is 9.11. The number of hydrogen-bond donors (Lipinski definition) is 4. The predicted molar refractivity (Wildman–Crippen MR) is 192 cm³/mol. The van der Waals surface area contributed by atoms with Crippen molar-refractivity contribution < 1.29 is 42.3 Å². The third-order valence-corrected chi connectivity index (χ3v) is 11.8. The van der Waals surface area contributed by atoms with E-state index in [0.29, 0.717) is 17.0 Å². The van der Waals surface area contributed by atoms with Gasteiger partial charge in [-0.05, 0) is 60.9 Å². The first-order chi connectivity index (χ1) is 23.2. The second-order valence-corrected chi connectivity index (χ2v) is 15.9. The predicted octanol–water partition coefficient (Wildman–Crippen LogP) is 2.29. The molecule has 1 saturated heterocycles. The third-order valence-electron chi connectivity index (χ3n) is 7.17. The summed E-state index contributed by atoms with van der Waals surface area (Å²) in [4.78, 5) is 56.6. The molecular weight excluding hydrogens is 737 g/mol. The molecule has 2 aliphatic rings. The van der Waals surface area contributed by atoms with Crippen molar-refractivity contribution in [3.05, 3.63) is 78.4 Å². The monoisotopic (exact) mass is 764 g/mol. The van der Waals surface area contributed by atoms with E-state index in [2.05, 4.69) is 4.98 Å². The SMILES string of the molecule is COc1cc2c(cc1C)N(CCCS(=O)(=O)O)C(=CC=C(C=c1s/c(=C3/SC(=S)N(CC(=O)O)C3=O)n(CC(=O)O)c1=O)c1ccc[nH]1)S2. The van der Waals surface area contributed by atoms with Crippen LogP contribution in [0.5, 0.6) is 5.75 Å². The number of nitrogens with zero attached hydrogens (tertiary/aromatic N) is 3. The Hall–Kier alpha value is -4.14. The van der Waals surface area contributed by atoms with Crippen LogP contribution in [0, 0.1) is 6.92 Å².